The van der Waals surface area contributed by atoms with Gasteiger partial charge in [0.2, 0.25) is 0 Å². The summed E-state index contributed by atoms with van der Waals surface area (Å²) in [5.74, 6) is 0. The number of nitrogens with zero attached hydrogens (tertiary/aromatic N) is 4. The van der Waals surface area contributed by atoms with Crippen molar-refractivity contribution >= 4 is 26.7 Å². The molecule has 0 radical (unpaired) electrons. The minimum absolute atomic E-state index is 0.156. The van der Waals surface area contributed by atoms with Crippen LogP contribution in [0.15, 0.2) is 30.5 Å². The summed E-state index contributed by atoms with van der Waals surface area (Å²) in [4.78, 5) is 6.72. The first kappa shape index (κ1) is 16.4. The molecule has 0 bridgehead atoms. The largest absolute Gasteiger partial charge is 0.416 e. The zero-order valence-corrected chi connectivity index (χ0v) is 14.4. The molecule has 2 aromatic heterocycles. The van der Waals surface area contributed by atoms with Gasteiger partial charge in [0, 0.05) is 19.8 Å². The zero-order chi connectivity index (χ0) is 17.6. The van der Waals surface area contributed by atoms with Crippen molar-refractivity contribution in [1.82, 2.24) is 14.8 Å². The highest BCUT2D eigenvalue weighted by Crippen LogP contribution is 2.40. The highest BCUT2D eigenvalue weighted by molar-refractivity contribution is 7.22. The van der Waals surface area contributed by atoms with E-state index in [2.05, 4.69) is 15.0 Å². The molecule has 1 aliphatic rings. The van der Waals surface area contributed by atoms with Gasteiger partial charge in [-0.3, -0.25) is 4.68 Å². The molecule has 0 saturated carbocycles. The van der Waals surface area contributed by atoms with Crippen LogP contribution in [0, 0.1) is 0 Å². The molecule has 0 spiro atoms. The number of halogens is 3. The van der Waals surface area contributed by atoms with E-state index in [1.165, 1.54) is 17.4 Å². The highest BCUT2D eigenvalue weighted by atomic mass is 32.1. The standard InChI is InChI=1S/C17H17F3N4S/c1-23-13(7-8-21-23)14-4-2-3-9-24(14)16-22-12-10-11(17(18,19)20)5-6-15(12)25-16/h5-8,10,14H,2-4,9H2,1H3/t14-/m1/s1. The Kier molecular flexibility index (Phi) is 3.94. The van der Waals surface area contributed by atoms with Crippen LogP contribution in [-0.2, 0) is 13.2 Å². The van der Waals surface area contributed by atoms with Gasteiger partial charge in [0.05, 0.1) is 27.5 Å². The molecule has 0 N–H and O–H groups in total. The third-order valence-corrected chi connectivity index (χ3v) is 5.73. The average Bonchev–Trinajstić information content (AvgIpc) is 3.19. The van der Waals surface area contributed by atoms with Crippen LogP contribution in [0.4, 0.5) is 18.3 Å². The van der Waals surface area contributed by atoms with Crippen LogP contribution < -0.4 is 4.90 Å². The summed E-state index contributed by atoms with van der Waals surface area (Å²) in [5.41, 5.74) is 0.859. The van der Waals surface area contributed by atoms with Gasteiger partial charge in [0.25, 0.3) is 0 Å². The number of rotatable bonds is 2. The second-order valence-electron chi connectivity index (χ2n) is 6.26. The summed E-state index contributed by atoms with van der Waals surface area (Å²) < 4.78 is 41.4. The molecule has 4 nitrogen and oxygen atoms in total. The molecule has 4 rings (SSSR count). The molecular weight excluding hydrogens is 349 g/mol. The van der Waals surface area contributed by atoms with Crippen molar-refractivity contribution in [2.75, 3.05) is 11.4 Å². The van der Waals surface area contributed by atoms with Gasteiger partial charge in [-0.15, -0.1) is 0 Å². The maximum absolute atomic E-state index is 12.9. The van der Waals surface area contributed by atoms with E-state index in [4.69, 9.17) is 0 Å². The zero-order valence-electron chi connectivity index (χ0n) is 13.6. The van der Waals surface area contributed by atoms with Crippen LogP contribution in [0.1, 0.15) is 36.6 Å². The number of aryl methyl sites for hydroxylation is 1. The lowest BCUT2D eigenvalue weighted by atomic mass is 10.00. The van der Waals surface area contributed by atoms with E-state index in [1.54, 1.807) is 6.20 Å². The molecule has 132 valence electrons. The van der Waals surface area contributed by atoms with Crippen molar-refractivity contribution in [2.45, 2.75) is 31.5 Å². The maximum atomic E-state index is 12.9. The molecule has 0 unspecified atom stereocenters. The normalized spacial score (nSPS) is 18.9. The van der Waals surface area contributed by atoms with Crippen molar-refractivity contribution < 1.29 is 13.2 Å². The monoisotopic (exact) mass is 366 g/mol. The van der Waals surface area contributed by atoms with Crippen LogP contribution in [0.2, 0.25) is 0 Å². The van der Waals surface area contributed by atoms with Gasteiger partial charge < -0.3 is 4.90 Å². The molecule has 0 amide bonds. The van der Waals surface area contributed by atoms with Crippen LogP contribution in [0.3, 0.4) is 0 Å². The van der Waals surface area contributed by atoms with Crippen molar-refractivity contribution in [2.24, 2.45) is 7.05 Å². The Bertz CT molecular complexity index is 899. The van der Waals surface area contributed by atoms with Crippen molar-refractivity contribution in [3.05, 3.63) is 41.7 Å². The Labute approximate surface area is 146 Å². The third kappa shape index (κ3) is 2.99. The van der Waals surface area contributed by atoms with Crippen LogP contribution in [-0.4, -0.2) is 21.3 Å². The fourth-order valence-corrected chi connectivity index (χ4v) is 4.42. The Balaban J connectivity index is 1.73. The van der Waals surface area contributed by atoms with E-state index in [0.29, 0.717) is 5.52 Å². The molecule has 3 heterocycles. The fourth-order valence-electron chi connectivity index (χ4n) is 3.39. The summed E-state index contributed by atoms with van der Waals surface area (Å²) in [5, 5.41) is 5.03. The molecule has 25 heavy (non-hydrogen) atoms. The Morgan fingerprint density at radius 3 is 2.76 bits per heavy atom. The van der Waals surface area contributed by atoms with Crippen LogP contribution >= 0.6 is 11.3 Å². The number of thiazole rings is 1. The third-order valence-electron chi connectivity index (χ3n) is 4.65. The van der Waals surface area contributed by atoms with Crippen LogP contribution in [0.5, 0.6) is 0 Å². The molecule has 1 saturated heterocycles. The quantitative estimate of drug-likeness (QED) is 0.654. The molecule has 3 aromatic rings. The SMILES string of the molecule is Cn1nccc1[C@H]1CCCCN1c1nc2cc(C(F)(F)F)ccc2s1. The van der Waals surface area contributed by atoms with Gasteiger partial charge in [-0.25, -0.2) is 4.98 Å². The van der Waals surface area contributed by atoms with Gasteiger partial charge in [-0.1, -0.05) is 11.3 Å². The lowest BCUT2D eigenvalue weighted by Crippen LogP contribution is -2.34. The number of anilines is 1. The van der Waals surface area contributed by atoms with E-state index in [9.17, 15) is 13.2 Å². The van der Waals surface area contributed by atoms with E-state index < -0.39 is 11.7 Å². The Morgan fingerprint density at radius 2 is 2.04 bits per heavy atom. The topological polar surface area (TPSA) is 34.0 Å². The summed E-state index contributed by atoms with van der Waals surface area (Å²) in [6, 6.07) is 5.93. The van der Waals surface area contributed by atoms with Crippen molar-refractivity contribution in [3.8, 4) is 0 Å². The van der Waals surface area contributed by atoms with E-state index in [-0.39, 0.29) is 6.04 Å². The van der Waals surface area contributed by atoms with Crippen molar-refractivity contribution in [3.63, 3.8) is 0 Å². The number of hydrogen-bond acceptors (Lipinski definition) is 4. The Hall–Kier alpha value is -2.09. The smallest absolute Gasteiger partial charge is 0.339 e. The molecule has 1 fully saturated rings. The number of hydrogen-bond donors (Lipinski definition) is 0. The molecule has 8 heteroatoms. The molecule has 0 aliphatic carbocycles. The number of benzene rings is 1. The summed E-state index contributed by atoms with van der Waals surface area (Å²) in [7, 11) is 1.91. The first-order valence-electron chi connectivity index (χ1n) is 8.16. The lowest BCUT2D eigenvalue weighted by molar-refractivity contribution is -0.137. The minimum Gasteiger partial charge on any atom is -0.339 e. The average molecular weight is 366 g/mol. The number of aromatic nitrogens is 3. The predicted octanol–water partition coefficient (Wildman–Crippen LogP) is 4.78. The van der Waals surface area contributed by atoms with Gasteiger partial charge in [-0.05, 0) is 43.5 Å². The first-order valence-corrected chi connectivity index (χ1v) is 8.97. The summed E-state index contributed by atoms with van der Waals surface area (Å²) >= 11 is 1.45. The number of fused-ring (bicyclic) bond motifs is 1. The summed E-state index contributed by atoms with van der Waals surface area (Å²) in [6.45, 7) is 0.849. The van der Waals surface area contributed by atoms with Gasteiger partial charge in [0.15, 0.2) is 5.13 Å². The number of alkyl halides is 3. The van der Waals surface area contributed by atoms with Gasteiger partial charge in [-0.2, -0.15) is 18.3 Å². The molecule has 1 aliphatic heterocycles. The molecule has 1 aromatic carbocycles. The highest BCUT2D eigenvalue weighted by Gasteiger charge is 2.32. The lowest BCUT2D eigenvalue weighted by Gasteiger charge is -2.35. The fraction of sp³-hybridized carbons (Fsp3) is 0.412. The molecule has 1 atom stereocenters. The summed E-state index contributed by atoms with van der Waals surface area (Å²) in [6.07, 6.45) is 0.590. The van der Waals surface area contributed by atoms with E-state index in [1.807, 2.05) is 17.8 Å². The van der Waals surface area contributed by atoms with E-state index >= 15 is 0 Å². The van der Waals surface area contributed by atoms with Crippen molar-refractivity contribution in [1.29, 1.82) is 0 Å². The second-order valence-corrected chi connectivity index (χ2v) is 7.27. The van der Waals surface area contributed by atoms with Gasteiger partial charge in [0.1, 0.15) is 0 Å². The molecular formula is C17H17F3N4S. The minimum atomic E-state index is -4.35. The Morgan fingerprint density at radius 1 is 1.20 bits per heavy atom. The number of piperidine rings is 1. The van der Waals surface area contributed by atoms with E-state index in [0.717, 1.165) is 53.5 Å². The predicted molar refractivity (Wildman–Crippen MR) is 91.8 cm³/mol. The van der Waals surface area contributed by atoms with Gasteiger partial charge >= 0.3 is 6.18 Å². The van der Waals surface area contributed by atoms with Crippen LogP contribution in [0.25, 0.3) is 10.2 Å². The second kappa shape index (κ2) is 6.01. The first-order chi connectivity index (χ1) is 11.9. The maximum Gasteiger partial charge on any atom is 0.416 e.